The van der Waals surface area contributed by atoms with E-state index < -0.39 is 0 Å². The van der Waals surface area contributed by atoms with Crippen LogP contribution in [0.4, 0.5) is 0 Å². The van der Waals surface area contributed by atoms with Crippen LogP contribution in [-0.4, -0.2) is 69.2 Å². The van der Waals surface area contributed by atoms with E-state index in [-0.39, 0.29) is 17.9 Å². The zero-order valence-corrected chi connectivity index (χ0v) is 17.0. The Hall–Kier alpha value is -1.67. The van der Waals surface area contributed by atoms with Crippen molar-refractivity contribution in [2.24, 2.45) is 4.99 Å². The highest BCUT2D eigenvalue weighted by atomic mass is 32.1. The lowest BCUT2D eigenvalue weighted by Crippen LogP contribution is -2.40. The molecule has 25 heavy (non-hydrogen) atoms. The summed E-state index contributed by atoms with van der Waals surface area (Å²) in [5.74, 6) is 0.570. The van der Waals surface area contributed by atoms with Gasteiger partial charge in [0.05, 0.1) is 17.3 Å². The molecule has 0 aliphatic rings. The summed E-state index contributed by atoms with van der Waals surface area (Å²) in [7, 11) is 5.09. The first-order valence-electron chi connectivity index (χ1n) is 8.40. The molecule has 0 aliphatic carbocycles. The van der Waals surface area contributed by atoms with Gasteiger partial charge in [-0.05, 0) is 0 Å². The Balaban J connectivity index is 2.54. The maximum atomic E-state index is 11.7. The van der Waals surface area contributed by atoms with Crippen LogP contribution in [0.2, 0.25) is 0 Å². The molecule has 8 heteroatoms. The van der Waals surface area contributed by atoms with Crippen LogP contribution in [0.1, 0.15) is 31.5 Å². The third kappa shape index (κ3) is 8.31. The first-order valence-corrected chi connectivity index (χ1v) is 9.28. The van der Waals surface area contributed by atoms with Crippen molar-refractivity contribution in [1.82, 2.24) is 20.5 Å². The molecule has 0 aromatic carbocycles. The number of thiazole rings is 1. The smallest absolute Gasteiger partial charge is 0.243 e. The van der Waals surface area contributed by atoms with Gasteiger partial charge in [-0.15, -0.1) is 11.3 Å². The molecule has 0 saturated carbocycles. The predicted molar refractivity (Wildman–Crippen MR) is 103 cm³/mol. The first kappa shape index (κ1) is 21.4. The fourth-order valence-corrected chi connectivity index (χ4v) is 2.75. The van der Waals surface area contributed by atoms with Crippen molar-refractivity contribution in [2.75, 3.05) is 47.4 Å². The van der Waals surface area contributed by atoms with Gasteiger partial charge >= 0.3 is 0 Å². The Labute approximate surface area is 154 Å². The maximum Gasteiger partial charge on any atom is 0.243 e. The van der Waals surface area contributed by atoms with Gasteiger partial charge in [0, 0.05) is 51.5 Å². The van der Waals surface area contributed by atoms with Crippen molar-refractivity contribution in [3.63, 3.8) is 0 Å². The van der Waals surface area contributed by atoms with E-state index in [0.717, 1.165) is 17.1 Å². The molecule has 7 nitrogen and oxygen atoms in total. The van der Waals surface area contributed by atoms with Crippen molar-refractivity contribution in [2.45, 2.75) is 32.6 Å². The fraction of sp³-hybridized carbons (Fsp3) is 0.706. The summed E-state index contributed by atoms with van der Waals surface area (Å²) in [6, 6.07) is 0. The first-order chi connectivity index (χ1) is 11.7. The fourth-order valence-electron chi connectivity index (χ4n) is 1.81. The van der Waals surface area contributed by atoms with E-state index in [0.29, 0.717) is 25.7 Å². The summed E-state index contributed by atoms with van der Waals surface area (Å²) in [6.45, 7) is 8.51. The molecule has 0 spiro atoms. The highest BCUT2D eigenvalue weighted by molar-refractivity contribution is 7.09. The molecule has 1 aromatic heterocycles. The van der Waals surface area contributed by atoms with Gasteiger partial charge in [-0.1, -0.05) is 20.8 Å². The summed E-state index contributed by atoms with van der Waals surface area (Å²) in [5.41, 5.74) is 1.15. The van der Waals surface area contributed by atoms with Crippen LogP contribution in [0.25, 0.3) is 0 Å². The molecule has 0 atom stereocenters. The van der Waals surface area contributed by atoms with Gasteiger partial charge in [-0.3, -0.25) is 4.79 Å². The number of amides is 1. The summed E-state index contributed by atoms with van der Waals surface area (Å²) in [6.07, 6.45) is 0.805. The Kier molecular flexibility index (Phi) is 8.85. The third-order valence-electron chi connectivity index (χ3n) is 3.34. The van der Waals surface area contributed by atoms with Crippen LogP contribution in [0.3, 0.4) is 0 Å². The largest absolute Gasteiger partial charge is 0.383 e. The quantitative estimate of drug-likeness (QED) is 0.410. The van der Waals surface area contributed by atoms with Crippen molar-refractivity contribution in [3.8, 4) is 0 Å². The minimum absolute atomic E-state index is 0.0397. The summed E-state index contributed by atoms with van der Waals surface area (Å²) in [5, 5.41) is 9.65. The molecule has 0 radical (unpaired) electrons. The van der Waals surface area contributed by atoms with E-state index in [1.165, 1.54) is 4.90 Å². The number of nitrogens with zero attached hydrogens (tertiary/aromatic N) is 3. The number of likely N-dealkylation sites (N-methyl/N-ethyl adjacent to an activating group) is 1. The molecule has 1 heterocycles. The Bertz CT molecular complexity index is 564. The van der Waals surface area contributed by atoms with Crippen molar-refractivity contribution in [3.05, 3.63) is 16.1 Å². The number of carbonyl (C=O) groups excluding carboxylic acids is 1. The number of nitrogens with one attached hydrogen (secondary N) is 2. The van der Waals surface area contributed by atoms with Gasteiger partial charge < -0.3 is 20.3 Å². The van der Waals surface area contributed by atoms with E-state index in [1.54, 1.807) is 32.5 Å². The van der Waals surface area contributed by atoms with Crippen LogP contribution in [0.5, 0.6) is 0 Å². The van der Waals surface area contributed by atoms with Crippen LogP contribution >= 0.6 is 11.3 Å². The van der Waals surface area contributed by atoms with E-state index in [1.807, 2.05) is 0 Å². The summed E-state index contributed by atoms with van der Waals surface area (Å²) in [4.78, 5) is 22.2. The minimum atomic E-state index is -0.0397. The lowest BCUT2D eigenvalue weighted by molar-refractivity contribution is -0.127. The molecule has 0 saturated heterocycles. The van der Waals surface area contributed by atoms with Gasteiger partial charge in [-0.25, -0.2) is 9.98 Å². The molecule has 0 aliphatic heterocycles. The lowest BCUT2D eigenvalue weighted by atomic mass is 9.98. The van der Waals surface area contributed by atoms with Gasteiger partial charge in [0.15, 0.2) is 5.96 Å². The van der Waals surface area contributed by atoms with Gasteiger partial charge in [0.25, 0.3) is 0 Å². The summed E-state index contributed by atoms with van der Waals surface area (Å²) < 4.78 is 5.04. The monoisotopic (exact) mass is 369 g/mol. The van der Waals surface area contributed by atoms with Crippen molar-refractivity contribution in [1.29, 1.82) is 0 Å². The number of carbonyl (C=O) groups is 1. The number of hydrogen-bond acceptors (Lipinski definition) is 5. The Morgan fingerprint density at radius 2 is 2.00 bits per heavy atom. The SMILES string of the molecule is COCCNC(=NCC(=O)N(C)C)NCCc1csc(C(C)(C)C)n1. The molecule has 1 aromatic rings. The number of guanidine groups is 1. The topological polar surface area (TPSA) is 78.8 Å². The number of methoxy groups -OCH3 is 1. The third-order valence-corrected chi connectivity index (χ3v) is 4.65. The molecular weight excluding hydrogens is 338 g/mol. The van der Waals surface area contributed by atoms with E-state index in [4.69, 9.17) is 4.74 Å². The van der Waals surface area contributed by atoms with E-state index >= 15 is 0 Å². The number of aliphatic imine (C=N–C) groups is 1. The van der Waals surface area contributed by atoms with Crippen LogP contribution in [0, 0.1) is 0 Å². The average molecular weight is 370 g/mol. The molecule has 0 bridgehead atoms. The normalized spacial score (nSPS) is 12.2. The second kappa shape index (κ2) is 10.4. The average Bonchev–Trinajstić information content (AvgIpc) is 3.01. The highest BCUT2D eigenvalue weighted by Gasteiger charge is 2.17. The number of hydrogen-bond donors (Lipinski definition) is 2. The minimum Gasteiger partial charge on any atom is -0.383 e. The molecule has 1 amide bonds. The number of aromatic nitrogens is 1. The van der Waals surface area contributed by atoms with E-state index in [2.05, 4.69) is 46.8 Å². The number of ether oxygens (including phenoxy) is 1. The molecule has 142 valence electrons. The summed E-state index contributed by atoms with van der Waals surface area (Å²) >= 11 is 1.70. The number of rotatable bonds is 8. The van der Waals surface area contributed by atoms with E-state index in [9.17, 15) is 4.79 Å². The second-order valence-electron chi connectivity index (χ2n) is 6.94. The van der Waals surface area contributed by atoms with Crippen LogP contribution in [0.15, 0.2) is 10.4 Å². The van der Waals surface area contributed by atoms with Crippen LogP contribution < -0.4 is 10.6 Å². The van der Waals surface area contributed by atoms with Crippen LogP contribution in [-0.2, 0) is 21.4 Å². The second-order valence-corrected chi connectivity index (χ2v) is 7.80. The van der Waals surface area contributed by atoms with Gasteiger partial charge in [-0.2, -0.15) is 0 Å². The molecule has 0 fully saturated rings. The zero-order chi connectivity index (χ0) is 18.9. The molecule has 0 unspecified atom stereocenters. The Morgan fingerprint density at radius 3 is 2.56 bits per heavy atom. The zero-order valence-electron chi connectivity index (χ0n) is 16.2. The molecular formula is C17H31N5O2S. The van der Waals surface area contributed by atoms with Crippen molar-refractivity contribution >= 4 is 23.2 Å². The maximum absolute atomic E-state index is 11.7. The molecule has 2 N–H and O–H groups in total. The van der Waals surface area contributed by atoms with Crippen molar-refractivity contribution < 1.29 is 9.53 Å². The standard InChI is InChI=1S/C17H31N5O2S/c1-17(2,3)15-21-13(12-25-15)7-8-18-16(19-9-10-24-6)20-11-14(23)22(4)5/h12H,7-11H2,1-6H3,(H2,18,19,20). The molecule has 1 rings (SSSR count). The lowest BCUT2D eigenvalue weighted by Gasteiger charge is -2.14. The van der Waals surface area contributed by atoms with Gasteiger partial charge in [0.1, 0.15) is 6.54 Å². The van der Waals surface area contributed by atoms with Gasteiger partial charge in [0.2, 0.25) is 5.91 Å². The Morgan fingerprint density at radius 1 is 1.32 bits per heavy atom. The highest BCUT2D eigenvalue weighted by Crippen LogP contribution is 2.25. The predicted octanol–water partition coefficient (Wildman–Crippen LogP) is 1.25.